The average Bonchev–Trinajstić information content (AvgIpc) is 2.79. The molecule has 1 aliphatic rings. The van der Waals surface area contributed by atoms with Crippen molar-refractivity contribution in [1.82, 2.24) is 5.32 Å². The molecule has 1 unspecified atom stereocenters. The highest BCUT2D eigenvalue weighted by Crippen LogP contribution is 2.16. The topological polar surface area (TPSA) is 68.5 Å². The fraction of sp³-hybridized carbons (Fsp3) is 0.267. The summed E-state index contributed by atoms with van der Waals surface area (Å²) in [7, 11) is 0. The Hall–Kier alpha value is -2.21. The maximum absolute atomic E-state index is 12.5. The lowest BCUT2D eigenvalue weighted by molar-refractivity contribution is -0.123. The second kappa shape index (κ2) is 5.29. The lowest BCUT2D eigenvalue weighted by atomic mass is 10.0. The van der Waals surface area contributed by atoms with Crippen molar-refractivity contribution in [2.45, 2.75) is 25.9 Å². The summed E-state index contributed by atoms with van der Waals surface area (Å²) in [6.07, 6.45) is 1.59. The van der Waals surface area contributed by atoms with Gasteiger partial charge in [0.2, 0.25) is 0 Å². The summed E-state index contributed by atoms with van der Waals surface area (Å²) in [5, 5.41) is 2.97. The molecule has 1 fully saturated rings. The first-order valence-electron chi connectivity index (χ1n) is 6.63. The number of carbonyl (C=O) groups excluding carboxylic acids is 1. The van der Waals surface area contributed by atoms with Crippen LogP contribution in [-0.4, -0.2) is 17.2 Å². The Morgan fingerprint density at radius 2 is 2.14 bits per heavy atom. The highest BCUT2D eigenvalue weighted by Gasteiger charge is 2.30. The van der Waals surface area contributed by atoms with Crippen LogP contribution in [0.25, 0.3) is 11.0 Å². The normalized spacial score (nSPS) is 17.9. The van der Waals surface area contributed by atoms with E-state index in [1.807, 2.05) is 19.1 Å². The molecule has 21 heavy (non-hydrogen) atoms. The van der Waals surface area contributed by atoms with Crippen molar-refractivity contribution >= 4 is 34.3 Å². The van der Waals surface area contributed by atoms with E-state index in [4.69, 9.17) is 21.4 Å². The zero-order valence-corrected chi connectivity index (χ0v) is 12.2. The van der Waals surface area contributed by atoms with E-state index in [1.165, 1.54) is 6.26 Å². The standard InChI is InChI=1S/C15H13NO4S/c1-2-8-3-4-11-10(5-8)13(17)9(7-19-11)6-12-14(18)16-15(21)20-12/h3-5,7,12H,2,6H2,1H3,(H,16,18,21). The molecule has 1 N–H and O–H groups in total. The third kappa shape index (κ3) is 2.54. The van der Waals surface area contributed by atoms with Gasteiger partial charge in [-0.05, 0) is 36.3 Å². The van der Waals surface area contributed by atoms with Crippen LogP contribution < -0.4 is 10.7 Å². The average molecular weight is 303 g/mol. The third-order valence-electron chi connectivity index (χ3n) is 3.49. The zero-order valence-electron chi connectivity index (χ0n) is 11.3. The van der Waals surface area contributed by atoms with E-state index in [-0.39, 0.29) is 22.9 Å². The van der Waals surface area contributed by atoms with E-state index in [0.717, 1.165) is 12.0 Å². The van der Waals surface area contributed by atoms with E-state index in [0.29, 0.717) is 16.5 Å². The SMILES string of the molecule is CCc1ccc2occ(CC3OC(=S)NC3=O)c(=O)c2c1. The Morgan fingerprint density at radius 1 is 1.33 bits per heavy atom. The molecule has 0 bridgehead atoms. The van der Waals surface area contributed by atoms with Gasteiger partial charge in [-0.15, -0.1) is 0 Å². The number of nitrogens with one attached hydrogen (secondary N) is 1. The zero-order chi connectivity index (χ0) is 15.0. The molecule has 1 amide bonds. The van der Waals surface area contributed by atoms with Gasteiger partial charge in [0, 0.05) is 12.0 Å². The van der Waals surface area contributed by atoms with Crippen LogP contribution in [0.3, 0.4) is 0 Å². The summed E-state index contributed by atoms with van der Waals surface area (Å²) in [6.45, 7) is 2.02. The second-order valence-electron chi connectivity index (χ2n) is 4.86. The number of hydrogen-bond donors (Lipinski definition) is 1. The van der Waals surface area contributed by atoms with Gasteiger partial charge in [-0.1, -0.05) is 13.0 Å². The monoisotopic (exact) mass is 303 g/mol. The van der Waals surface area contributed by atoms with E-state index in [1.54, 1.807) is 6.07 Å². The molecule has 5 nitrogen and oxygen atoms in total. The van der Waals surface area contributed by atoms with Gasteiger partial charge in [0.05, 0.1) is 11.6 Å². The Morgan fingerprint density at radius 3 is 2.81 bits per heavy atom. The molecule has 1 saturated heterocycles. The molecule has 6 heteroatoms. The molecule has 0 aliphatic carbocycles. The van der Waals surface area contributed by atoms with Crippen molar-refractivity contribution < 1.29 is 13.9 Å². The highest BCUT2D eigenvalue weighted by molar-refractivity contribution is 7.80. The van der Waals surface area contributed by atoms with Crippen molar-refractivity contribution in [3.05, 3.63) is 45.8 Å². The molecular formula is C15H13NO4S. The first-order valence-corrected chi connectivity index (χ1v) is 7.04. The van der Waals surface area contributed by atoms with Crippen molar-refractivity contribution in [1.29, 1.82) is 0 Å². The van der Waals surface area contributed by atoms with Crippen LogP contribution in [0.2, 0.25) is 0 Å². The minimum Gasteiger partial charge on any atom is -0.464 e. The molecule has 2 heterocycles. The second-order valence-corrected chi connectivity index (χ2v) is 5.23. The predicted octanol–water partition coefficient (Wildman–Crippen LogP) is 1.70. The van der Waals surface area contributed by atoms with Gasteiger partial charge in [-0.2, -0.15) is 0 Å². The van der Waals surface area contributed by atoms with Crippen molar-refractivity contribution in [3.8, 4) is 0 Å². The van der Waals surface area contributed by atoms with Gasteiger partial charge in [0.15, 0.2) is 11.5 Å². The Kier molecular flexibility index (Phi) is 3.47. The number of aryl methyl sites for hydroxylation is 1. The Labute approximate surface area is 125 Å². The quantitative estimate of drug-likeness (QED) is 0.874. The number of ether oxygens (including phenoxy) is 1. The summed E-state index contributed by atoms with van der Waals surface area (Å²) < 4.78 is 10.7. The summed E-state index contributed by atoms with van der Waals surface area (Å²) in [6, 6.07) is 5.54. The van der Waals surface area contributed by atoms with Gasteiger partial charge in [-0.25, -0.2) is 0 Å². The van der Waals surface area contributed by atoms with Gasteiger partial charge in [0.1, 0.15) is 5.58 Å². The van der Waals surface area contributed by atoms with E-state index < -0.39 is 6.10 Å². The first-order chi connectivity index (χ1) is 10.1. The van der Waals surface area contributed by atoms with Crippen molar-refractivity contribution in [2.24, 2.45) is 0 Å². The molecule has 3 rings (SSSR count). The smallest absolute Gasteiger partial charge is 0.268 e. The molecule has 0 spiro atoms. The number of benzene rings is 1. The minimum absolute atomic E-state index is 0.0449. The van der Waals surface area contributed by atoms with Gasteiger partial charge >= 0.3 is 0 Å². The number of fused-ring (bicyclic) bond motifs is 1. The lowest BCUT2D eigenvalue weighted by Crippen LogP contribution is -2.27. The Balaban J connectivity index is 2.00. The van der Waals surface area contributed by atoms with E-state index in [9.17, 15) is 9.59 Å². The number of carbonyl (C=O) groups is 1. The largest absolute Gasteiger partial charge is 0.464 e. The number of thiocarbonyl (C=S) groups is 1. The number of rotatable bonds is 3. The van der Waals surface area contributed by atoms with E-state index in [2.05, 4.69) is 5.32 Å². The van der Waals surface area contributed by atoms with Gasteiger partial charge in [-0.3, -0.25) is 14.9 Å². The van der Waals surface area contributed by atoms with Crippen molar-refractivity contribution in [2.75, 3.05) is 0 Å². The summed E-state index contributed by atoms with van der Waals surface area (Å²) in [5.41, 5.74) is 1.86. The lowest BCUT2D eigenvalue weighted by Gasteiger charge is -2.07. The number of amides is 1. The predicted molar refractivity (Wildman–Crippen MR) is 81.2 cm³/mol. The fourth-order valence-electron chi connectivity index (χ4n) is 2.31. The van der Waals surface area contributed by atoms with Crippen molar-refractivity contribution in [3.63, 3.8) is 0 Å². The van der Waals surface area contributed by atoms with Crippen LogP contribution in [-0.2, 0) is 22.4 Å². The molecule has 0 saturated carbocycles. The highest BCUT2D eigenvalue weighted by atomic mass is 32.1. The summed E-state index contributed by atoms with van der Waals surface area (Å²) >= 11 is 4.78. The first kappa shape index (κ1) is 13.8. The summed E-state index contributed by atoms with van der Waals surface area (Å²) in [4.78, 5) is 24.1. The fourth-order valence-corrected chi connectivity index (χ4v) is 2.52. The van der Waals surface area contributed by atoms with Crippen LogP contribution in [0, 0.1) is 0 Å². The minimum atomic E-state index is -0.771. The maximum Gasteiger partial charge on any atom is 0.268 e. The van der Waals surface area contributed by atoms with Gasteiger partial charge < -0.3 is 9.15 Å². The third-order valence-corrected chi connectivity index (χ3v) is 3.69. The van der Waals surface area contributed by atoms with Crippen LogP contribution in [0.4, 0.5) is 0 Å². The van der Waals surface area contributed by atoms with Crippen LogP contribution >= 0.6 is 12.2 Å². The molecule has 0 radical (unpaired) electrons. The summed E-state index contributed by atoms with van der Waals surface area (Å²) in [5.74, 6) is -0.332. The Bertz CT molecular complexity index is 796. The van der Waals surface area contributed by atoms with E-state index >= 15 is 0 Å². The van der Waals surface area contributed by atoms with Crippen LogP contribution in [0.15, 0.2) is 33.7 Å². The van der Waals surface area contributed by atoms with Gasteiger partial charge in [0.25, 0.3) is 11.1 Å². The molecule has 1 aromatic heterocycles. The van der Waals surface area contributed by atoms with Crippen LogP contribution in [0.1, 0.15) is 18.1 Å². The number of hydrogen-bond acceptors (Lipinski definition) is 5. The molecule has 2 aromatic rings. The molecule has 108 valence electrons. The molecule has 1 aromatic carbocycles. The molecule has 1 aliphatic heterocycles. The maximum atomic E-state index is 12.5. The molecular weight excluding hydrogens is 290 g/mol. The molecule has 1 atom stereocenters. The van der Waals surface area contributed by atoms with Crippen LogP contribution in [0.5, 0.6) is 0 Å².